The first kappa shape index (κ1) is 33.5. The number of alkyl carbamates (subject to hydrolysis) is 1. The van der Waals surface area contributed by atoms with Crippen LogP contribution in [0.25, 0.3) is 11.6 Å². The molecule has 2 aromatic heterocycles. The minimum Gasteiger partial charge on any atom is -0.469 e. The molecule has 3 N–H and O–H groups in total. The fraction of sp³-hybridized carbons (Fsp3) is 0.289. The van der Waals surface area contributed by atoms with Gasteiger partial charge in [-0.2, -0.15) is 0 Å². The Morgan fingerprint density at radius 1 is 1.04 bits per heavy atom. The molecule has 13 nitrogen and oxygen atoms in total. The Morgan fingerprint density at radius 2 is 1.85 bits per heavy atom. The zero-order valence-corrected chi connectivity index (χ0v) is 30.2. The lowest BCUT2D eigenvalue weighted by Gasteiger charge is -2.28. The van der Waals surface area contributed by atoms with Crippen molar-refractivity contribution in [3.8, 4) is 17.3 Å². The normalized spacial score (nSPS) is 21.1. The van der Waals surface area contributed by atoms with Gasteiger partial charge in [0, 0.05) is 22.0 Å². The van der Waals surface area contributed by atoms with Gasteiger partial charge in [-0.05, 0) is 52.0 Å². The number of methoxy groups -OCH3 is 1. The second-order valence-corrected chi connectivity index (χ2v) is 14.1. The van der Waals surface area contributed by atoms with E-state index in [1.165, 1.54) is 7.11 Å². The van der Waals surface area contributed by atoms with Crippen LogP contribution in [-0.2, 0) is 32.7 Å². The summed E-state index contributed by atoms with van der Waals surface area (Å²) in [6.45, 7) is 5.50. The maximum atomic E-state index is 14.1. The van der Waals surface area contributed by atoms with Gasteiger partial charge in [-0.15, -0.1) is 0 Å². The number of nitrogens with one attached hydrogen (secondary N) is 3. The van der Waals surface area contributed by atoms with Crippen molar-refractivity contribution in [2.24, 2.45) is 5.92 Å². The second kappa shape index (κ2) is 12.9. The highest BCUT2D eigenvalue weighted by atomic mass is 79.9. The molecule has 14 heteroatoms. The Labute approximate surface area is 306 Å². The predicted molar refractivity (Wildman–Crippen MR) is 190 cm³/mol. The molecule has 1 unspecified atom stereocenters. The quantitative estimate of drug-likeness (QED) is 0.165. The van der Waals surface area contributed by atoms with Crippen LogP contribution in [0.5, 0.6) is 5.75 Å². The summed E-state index contributed by atoms with van der Waals surface area (Å²) in [5, 5.41) is 9.41. The number of oxazole rings is 2. The van der Waals surface area contributed by atoms with Gasteiger partial charge in [0.15, 0.2) is 23.4 Å². The van der Waals surface area contributed by atoms with E-state index in [2.05, 4.69) is 36.9 Å². The lowest BCUT2D eigenvalue weighted by molar-refractivity contribution is -0.124. The third kappa shape index (κ3) is 5.40. The van der Waals surface area contributed by atoms with Crippen LogP contribution in [0.15, 0.2) is 80.0 Å². The second-order valence-electron chi connectivity index (χ2n) is 13.3. The summed E-state index contributed by atoms with van der Waals surface area (Å²) < 4.78 is 30.9. The maximum absolute atomic E-state index is 14.1. The fourth-order valence-corrected chi connectivity index (χ4v) is 7.66. The lowest BCUT2D eigenvalue weighted by Crippen LogP contribution is -2.49. The Bertz CT molecular complexity index is 2230. The topological polar surface area (TPSA) is 167 Å². The molecule has 4 bridgehead atoms. The number of aryl methyl sites for hydroxylation is 1. The summed E-state index contributed by atoms with van der Waals surface area (Å²) in [5.74, 6) is 0.0441. The molecule has 0 fully saturated rings. The number of benzene rings is 3. The molecular weight excluding hydrogens is 734 g/mol. The van der Waals surface area contributed by atoms with E-state index in [1.807, 2.05) is 80.6 Å². The van der Waals surface area contributed by atoms with Gasteiger partial charge in [0.05, 0.1) is 12.8 Å². The van der Waals surface area contributed by atoms with Crippen molar-refractivity contribution in [3.63, 3.8) is 0 Å². The number of carbonyl (C=O) groups is 3. The first-order valence-corrected chi connectivity index (χ1v) is 17.6. The van der Waals surface area contributed by atoms with E-state index in [0.29, 0.717) is 11.5 Å². The molecule has 0 saturated carbocycles. The fourth-order valence-electron chi connectivity index (χ4n) is 7.18. The number of para-hydroxylation sites is 1. The maximum Gasteiger partial charge on any atom is 0.408 e. The first-order chi connectivity index (χ1) is 25.1. The third-order valence-electron chi connectivity index (χ3n) is 9.69. The molecule has 3 aliphatic heterocycles. The predicted octanol–water partition coefficient (Wildman–Crippen LogP) is 6.33. The van der Waals surface area contributed by atoms with E-state index in [-0.39, 0.29) is 47.9 Å². The van der Waals surface area contributed by atoms with Gasteiger partial charge in [0.1, 0.15) is 35.6 Å². The van der Waals surface area contributed by atoms with Crippen molar-refractivity contribution in [2.45, 2.75) is 57.5 Å². The van der Waals surface area contributed by atoms with Crippen LogP contribution in [0.3, 0.4) is 0 Å². The molecule has 0 aliphatic carbocycles. The first-order valence-electron chi connectivity index (χ1n) is 16.8. The highest BCUT2D eigenvalue weighted by Gasteiger charge is 2.61. The van der Waals surface area contributed by atoms with Crippen molar-refractivity contribution < 1.29 is 37.4 Å². The lowest BCUT2D eigenvalue weighted by atomic mass is 9.72. The number of hydrogen-bond acceptors (Lipinski definition) is 11. The number of hydrogen-bond donors (Lipinski definition) is 3. The SMILES string of the molecule is COC(=O)c1nc(-c2nc3oc2C24c5cc(ccc5O[C@@H]2Nc2c(Br)cccc24)C[C@H](NC(=O)OCc2ccccc2)C(=O)N[C@H]3C(C)C)oc1C. The van der Waals surface area contributed by atoms with Crippen LogP contribution in [0.1, 0.15) is 70.0 Å². The Hall–Kier alpha value is -5.63. The van der Waals surface area contributed by atoms with Gasteiger partial charge in [0.25, 0.3) is 0 Å². The number of ether oxygens (including phenoxy) is 3. The van der Waals surface area contributed by atoms with Gasteiger partial charge in [-0.25, -0.2) is 19.6 Å². The van der Waals surface area contributed by atoms with Crippen LogP contribution >= 0.6 is 15.9 Å². The average Bonchev–Trinajstić information content (AvgIpc) is 3.89. The van der Waals surface area contributed by atoms with Crippen molar-refractivity contribution >= 4 is 39.6 Å². The summed E-state index contributed by atoms with van der Waals surface area (Å²) in [7, 11) is 1.27. The zero-order valence-electron chi connectivity index (χ0n) is 28.6. The van der Waals surface area contributed by atoms with Crippen molar-refractivity contribution in [2.75, 3.05) is 12.4 Å². The highest BCUT2D eigenvalue weighted by Crippen LogP contribution is 2.60. The minimum atomic E-state index is -1.14. The molecular formula is C38H34BrN5O8. The minimum absolute atomic E-state index is 0.000190. The van der Waals surface area contributed by atoms with Gasteiger partial charge in [-0.3, -0.25) is 4.79 Å². The molecule has 8 rings (SSSR count). The highest BCUT2D eigenvalue weighted by molar-refractivity contribution is 9.10. The van der Waals surface area contributed by atoms with E-state index in [0.717, 1.165) is 32.4 Å². The van der Waals surface area contributed by atoms with E-state index >= 15 is 0 Å². The van der Waals surface area contributed by atoms with Crippen LogP contribution in [0, 0.1) is 12.8 Å². The van der Waals surface area contributed by atoms with Gasteiger partial charge >= 0.3 is 12.1 Å². The van der Waals surface area contributed by atoms with Crippen molar-refractivity contribution in [3.05, 3.63) is 117 Å². The molecule has 2 amide bonds. The number of amides is 2. The number of halogens is 1. The zero-order chi connectivity index (χ0) is 36.3. The molecule has 5 heterocycles. The molecule has 3 aromatic carbocycles. The van der Waals surface area contributed by atoms with Gasteiger partial charge in [-0.1, -0.05) is 68.4 Å². The number of carbonyl (C=O) groups excluding carboxylic acids is 3. The molecule has 52 heavy (non-hydrogen) atoms. The van der Waals surface area contributed by atoms with Gasteiger partial charge in [0.2, 0.25) is 17.7 Å². The van der Waals surface area contributed by atoms with Crippen molar-refractivity contribution in [1.29, 1.82) is 0 Å². The molecule has 1 spiro atoms. The van der Waals surface area contributed by atoms with Gasteiger partial charge < -0.3 is 39.0 Å². The number of nitrogens with zero attached hydrogens (tertiary/aromatic N) is 2. The standard InChI is InChI=1S/C38H34BrN5O8/c1-18(2)27-33-43-30(34-42-28(19(3)50-34)35(46)48-4)31(52-33)38-22-11-8-12-24(39)29(22)44-36(38)51-26-14-13-21(15-23(26)38)16-25(32(45)41-27)40-37(47)49-17-20-9-6-5-7-10-20/h5-15,18,25,27,36,44H,16-17H2,1-4H3,(H,40,47)(H,41,45)/t25-,27-,36-,38?/m0/s1. The monoisotopic (exact) mass is 767 g/mol. The average molecular weight is 769 g/mol. The number of rotatable bonds is 6. The molecule has 0 saturated heterocycles. The summed E-state index contributed by atoms with van der Waals surface area (Å²) >= 11 is 3.71. The van der Waals surface area contributed by atoms with E-state index in [4.69, 9.17) is 28.0 Å². The van der Waals surface area contributed by atoms with Crippen LogP contribution in [-0.4, -0.2) is 47.3 Å². The van der Waals surface area contributed by atoms with Crippen LogP contribution in [0.2, 0.25) is 0 Å². The summed E-state index contributed by atoms with van der Waals surface area (Å²) in [6.07, 6.45) is -1.29. The number of anilines is 1. The van der Waals surface area contributed by atoms with Crippen molar-refractivity contribution in [1.82, 2.24) is 20.6 Å². The smallest absolute Gasteiger partial charge is 0.408 e. The van der Waals surface area contributed by atoms with Crippen LogP contribution in [0.4, 0.5) is 10.5 Å². The Kier molecular flexibility index (Phi) is 8.28. The number of esters is 1. The number of fused-ring (bicyclic) bond motifs is 4. The summed E-state index contributed by atoms with van der Waals surface area (Å²) in [5.41, 5.74) is 3.03. The third-order valence-corrected chi connectivity index (χ3v) is 10.4. The molecule has 3 aliphatic rings. The largest absolute Gasteiger partial charge is 0.469 e. The van der Waals surface area contributed by atoms with E-state index in [1.54, 1.807) is 6.92 Å². The summed E-state index contributed by atoms with van der Waals surface area (Å²) in [6, 6.07) is 19.0. The van der Waals surface area contributed by atoms with E-state index in [9.17, 15) is 14.4 Å². The molecule has 5 aromatic rings. The molecule has 0 radical (unpaired) electrons. The number of aromatic nitrogens is 2. The Morgan fingerprint density at radius 3 is 2.62 bits per heavy atom. The molecule has 266 valence electrons. The Balaban J connectivity index is 1.31. The van der Waals surface area contributed by atoms with E-state index < -0.39 is 41.7 Å². The summed E-state index contributed by atoms with van der Waals surface area (Å²) in [4.78, 5) is 49.4. The molecule has 4 atom stereocenters. The van der Waals surface area contributed by atoms with Crippen LogP contribution < -0.4 is 20.7 Å².